The molecule has 0 spiro atoms. The number of aromatic nitrogens is 2. The van der Waals surface area contributed by atoms with E-state index in [4.69, 9.17) is 4.74 Å². The van der Waals surface area contributed by atoms with Crippen molar-refractivity contribution >= 4 is 11.5 Å². The second-order valence-electron chi connectivity index (χ2n) is 3.83. The van der Waals surface area contributed by atoms with Gasteiger partial charge in [0.15, 0.2) is 0 Å². The zero-order valence-electron chi connectivity index (χ0n) is 10.7. The summed E-state index contributed by atoms with van der Waals surface area (Å²) < 4.78 is 6.43. The van der Waals surface area contributed by atoms with E-state index in [1.54, 1.807) is 6.92 Å². The van der Waals surface area contributed by atoms with Crippen molar-refractivity contribution in [1.29, 1.82) is 0 Å². The predicted octanol–water partition coefficient (Wildman–Crippen LogP) is 0.539. The van der Waals surface area contributed by atoms with Crippen LogP contribution in [-0.4, -0.2) is 46.2 Å². The minimum absolute atomic E-state index is 0.0635. The molecule has 0 radical (unpaired) electrons. The highest BCUT2D eigenvalue weighted by Gasteiger charge is 2.26. The van der Waals surface area contributed by atoms with Crippen LogP contribution in [-0.2, 0) is 11.3 Å². The van der Waals surface area contributed by atoms with Gasteiger partial charge in [0.05, 0.1) is 24.2 Å². The Morgan fingerprint density at radius 3 is 2.78 bits per heavy atom. The maximum atomic E-state index is 11.0. The quantitative estimate of drug-likeness (QED) is 0.546. The molecule has 8 nitrogen and oxygen atoms in total. The van der Waals surface area contributed by atoms with Crippen molar-refractivity contribution in [1.82, 2.24) is 9.78 Å². The van der Waals surface area contributed by atoms with Crippen LogP contribution in [0.2, 0.25) is 0 Å². The molecule has 1 rings (SSSR count). The van der Waals surface area contributed by atoms with Gasteiger partial charge in [-0.15, -0.1) is 0 Å². The number of rotatable bonds is 7. The molecule has 1 aromatic rings. The lowest BCUT2D eigenvalue weighted by Gasteiger charge is -2.16. The van der Waals surface area contributed by atoms with Gasteiger partial charge < -0.3 is 15.2 Å². The first-order valence-electron chi connectivity index (χ1n) is 5.63. The molecule has 0 saturated heterocycles. The maximum Gasteiger partial charge on any atom is 0.333 e. The highest BCUT2D eigenvalue weighted by atomic mass is 16.6. The summed E-state index contributed by atoms with van der Waals surface area (Å²) in [6.07, 6.45) is 0. The van der Waals surface area contributed by atoms with Gasteiger partial charge in [0.1, 0.15) is 5.69 Å². The van der Waals surface area contributed by atoms with E-state index < -0.39 is 11.0 Å². The van der Waals surface area contributed by atoms with Crippen LogP contribution >= 0.6 is 0 Å². The molecule has 1 unspecified atom stereocenters. The molecule has 1 atom stereocenters. The summed E-state index contributed by atoms with van der Waals surface area (Å²) in [6.45, 7) is 3.99. The topological polar surface area (TPSA) is 102 Å². The third-order valence-electron chi connectivity index (χ3n) is 2.51. The summed E-state index contributed by atoms with van der Waals surface area (Å²) >= 11 is 0. The normalized spacial score (nSPS) is 12.4. The van der Waals surface area contributed by atoms with E-state index in [-0.39, 0.29) is 18.9 Å². The largest absolute Gasteiger partial charge is 0.394 e. The van der Waals surface area contributed by atoms with Gasteiger partial charge in [-0.1, -0.05) is 0 Å². The molecule has 0 bridgehead atoms. The Balaban J connectivity index is 3.08. The molecular weight excluding hydrogens is 240 g/mol. The fraction of sp³-hybridized carbons (Fsp3) is 0.700. The number of aliphatic hydroxyl groups excluding tert-OH is 1. The first-order valence-corrected chi connectivity index (χ1v) is 5.63. The second kappa shape index (κ2) is 6.31. The van der Waals surface area contributed by atoms with E-state index in [1.807, 2.05) is 6.92 Å². The van der Waals surface area contributed by atoms with Crippen LogP contribution < -0.4 is 5.32 Å². The summed E-state index contributed by atoms with van der Waals surface area (Å²) in [5.74, 6) is 0.302. The third-order valence-corrected chi connectivity index (χ3v) is 2.51. The van der Waals surface area contributed by atoms with E-state index in [0.717, 1.165) is 0 Å². The van der Waals surface area contributed by atoms with Crippen LogP contribution in [0.1, 0.15) is 12.6 Å². The monoisotopic (exact) mass is 258 g/mol. The fourth-order valence-corrected chi connectivity index (χ4v) is 1.70. The summed E-state index contributed by atoms with van der Waals surface area (Å²) in [7, 11) is 1.50. The predicted molar refractivity (Wildman–Crippen MR) is 65.7 cm³/mol. The molecule has 1 aromatic heterocycles. The van der Waals surface area contributed by atoms with Crippen LogP contribution in [0.3, 0.4) is 0 Å². The van der Waals surface area contributed by atoms with Crippen molar-refractivity contribution in [3.8, 4) is 0 Å². The van der Waals surface area contributed by atoms with Gasteiger partial charge in [-0.05, 0) is 13.8 Å². The molecule has 102 valence electrons. The van der Waals surface area contributed by atoms with E-state index >= 15 is 0 Å². The first kappa shape index (κ1) is 14.4. The second-order valence-corrected chi connectivity index (χ2v) is 3.83. The minimum atomic E-state index is -0.474. The SMILES string of the molecule is CCn1nc(C)c([N+](=O)[O-])c1NC(CO)COC. The van der Waals surface area contributed by atoms with E-state index in [0.29, 0.717) is 18.1 Å². The number of aryl methyl sites for hydroxylation is 2. The third kappa shape index (κ3) is 2.96. The Hall–Kier alpha value is -1.67. The van der Waals surface area contributed by atoms with Gasteiger partial charge >= 0.3 is 5.69 Å². The summed E-state index contributed by atoms with van der Waals surface area (Å²) in [6, 6.07) is -0.407. The molecule has 8 heteroatoms. The Bertz CT molecular complexity index is 418. The molecular formula is C10H18N4O4. The number of nitrogens with one attached hydrogen (secondary N) is 1. The van der Waals surface area contributed by atoms with Gasteiger partial charge in [-0.3, -0.25) is 10.1 Å². The Morgan fingerprint density at radius 1 is 1.67 bits per heavy atom. The summed E-state index contributed by atoms with van der Waals surface area (Å²) in [4.78, 5) is 10.5. The van der Waals surface area contributed by atoms with Crippen molar-refractivity contribution in [2.45, 2.75) is 26.4 Å². The van der Waals surface area contributed by atoms with Crippen molar-refractivity contribution in [3.05, 3.63) is 15.8 Å². The van der Waals surface area contributed by atoms with Crippen LogP contribution in [0, 0.1) is 17.0 Å². The number of anilines is 1. The highest BCUT2D eigenvalue weighted by Crippen LogP contribution is 2.28. The number of nitrogens with zero attached hydrogens (tertiary/aromatic N) is 3. The zero-order chi connectivity index (χ0) is 13.7. The standard InChI is InChI=1S/C10H18N4O4/c1-4-13-10(11-8(5-15)6-18-3)9(14(16)17)7(2)12-13/h8,11,15H,4-6H2,1-3H3. The van der Waals surface area contributed by atoms with Gasteiger partial charge in [0.25, 0.3) is 0 Å². The Morgan fingerprint density at radius 2 is 2.33 bits per heavy atom. The van der Waals surface area contributed by atoms with Crippen molar-refractivity contribution in [3.63, 3.8) is 0 Å². The Kier molecular flexibility index (Phi) is 5.05. The fourth-order valence-electron chi connectivity index (χ4n) is 1.70. The van der Waals surface area contributed by atoms with Crippen LogP contribution in [0.5, 0.6) is 0 Å². The first-order chi connectivity index (χ1) is 8.54. The number of methoxy groups -OCH3 is 1. The zero-order valence-corrected chi connectivity index (χ0v) is 10.7. The molecule has 0 aliphatic heterocycles. The molecule has 2 N–H and O–H groups in total. The van der Waals surface area contributed by atoms with Crippen molar-refractivity contribution < 1.29 is 14.8 Å². The summed E-state index contributed by atoms with van der Waals surface area (Å²) in [5.41, 5.74) is 0.282. The average Bonchev–Trinajstić information content (AvgIpc) is 2.64. The molecule has 0 aliphatic carbocycles. The van der Waals surface area contributed by atoms with Crippen molar-refractivity contribution in [2.24, 2.45) is 0 Å². The Labute approximate surface area is 105 Å². The number of hydrogen-bond acceptors (Lipinski definition) is 6. The average molecular weight is 258 g/mol. The highest BCUT2D eigenvalue weighted by molar-refractivity contribution is 5.60. The lowest BCUT2D eigenvalue weighted by molar-refractivity contribution is -0.384. The van der Waals surface area contributed by atoms with Gasteiger partial charge in [-0.25, -0.2) is 4.68 Å². The smallest absolute Gasteiger partial charge is 0.333 e. The number of ether oxygens (including phenoxy) is 1. The molecule has 0 amide bonds. The minimum Gasteiger partial charge on any atom is -0.394 e. The van der Waals surface area contributed by atoms with Gasteiger partial charge in [0, 0.05) is 13.7 Å². The lowest BCUT2D eigenvalue weighted by atomic mass is 10.3. The van der Waals surface area contributed by atoms with E-state index in [1.165, 1.54) is 11.8 Å². The van der Waals surface area contributed by atoms with Crippen LogP contribution in [0.15, 0.2) is 0 Å². The molecule has 18 heavy (non-hydrogen) atoms. The van der Waals surface area contributed by atoms with Crippen LogP contribution in [0.25, 0.3) is 0 Å². The maximum absolute atomic E-state index is 11.0. The molecule has 1 heterocycles. The molecule has 0 aliphatic rings. The number of nitro groups is 1. The number of hydrogen-bond donors (Lipinski definition) is 2. The number of aliphatic hydroxyl groups is 1. The molecule has 0 aromatic carbocycles. The summed E-state index contributed by atoms with van der Waals surface area (Å²) in [5, 5.41) is 27.2. The van der Waals surface area contributed by atoms with Crippen molar-refractivity contribution in [2.75, 3.05) is 25.6 Å². The van der Waals surface area contributed by atoms with E-state index in [2.05, 4.69) is 10.4 Å². The lowest BCUT2D eigenvalue weighted by Crippen LogP contribution is -2.30. The molecule has 0 saturated carbocycles. The molecule has 0 fully saturated rings. The van der Waals surface area contributed by atoms with Gasteiger partial charge in [0.2, 0.25) is 5.82 Å². The van der Waals surface area contributed by atoms with Crippen LogP contribution in [0.4, 0.5) is 11.5 Å². The van der Waals surface area contributed by atoms with Gasteiger partial charge in [-0.2, -0.15) is 5.10 Å². The van der Waals surface area contributed by atoms with E-state index in [9.17, 15) is 15.2 Å².